The lowest BCUT2D eigenvalue weighted by atomic mass is 10.1. The van der Waals surface area contributed by atoms with Crippen molar-refractivity contribution in [2.75, 3.05) is 6.54 Å². The molecular formula is C12H15N3O3S. The summed E-state index contributed by atoms with van der Waals surface area (Å²) in [5.41, 5.74) is 0.0366. The molecule has 0 spiro atoms. The van der Waals surface area contributed by atoms with Gasteiger partial charge in [-0.05, 0) is 25.2 Å². The number of aromatic nitrogens is 1. The van der Waals surface area contributed by atoms with Crippen molar-refractivity contribution in [3.63, 3.8) is 0 Å². The number of hydrogen-bond donors (Lipinski definition) is 2. The van der Waals surface area contributed by atoms with Gasteiger partial charge in [-0.3, -0.25) is 0 Å². The third-order valence-corrected chi connectivity index (χ3v) is 4.68. The van der Waals surface area contributed by atoms with Crippen LogP contribution < -0.4 is 5.32 Å². The van der Waals surface area contributed by atoms with E-state index in [9.17, 15) is 9.59 Å². The highest BCUT2D eigenvalue weighted by atomic mass is 32.1. The van der Waals surface area contributed by atoms with Gasteiger partial charge >= 0.3 is 12.0 Å². The van der Waals surface area contributed by atoms with Gasteiger partial charge in [0, 0.05) is 18.0 Å². The Morgan fingerprint density at radius 2 is 2.37 bits per heavy atom. The molecule has 0 aromatic carbocycles. The molecule has 102 valence electrons. The fraction of sp³-hybridized carbons (Fsp3) is 0.583. The molecule has 1 aromatic rings. The highest BCUT2D eigenvalue weighted by Gasteiger charge is 2.40. The first-order valence-electron chi connectivity index (χ1n) is 6.35. The molecule has 1 aromatic heterocycles. The van der Waals surface area contributed by atoms with Crippen LogP contribution in [0.1, 0.15) is 34.8 Å². The lowest BCUT2D eigenvalue weighted by Gasteiger charge is -2.26. The van der Waals surface area contributed by atoms with Gasteiger partial charge in [0.1, 0.15) is 5.01 Å². The van der Waals surface area contributed by atoms with E-state index in [1.807, 2.05) is 4.90 Å². The fourth-order valence-electron chi connectivity index (χ4n) is 2.92. The summed E-state index contributed by atoms with van der Waals surface area (Å²) < 4.78 is 0. The number of piperidine rings is 1. The van der Waals surface area contributed by atoms with Crippen molar-refractivity contribution in [3.8, 4) is 0 Å². The summed E-state index contributed by atoms with van der Waals surface area (Å²) in [7, 11) is 0. The molecule has 1 aliphatic heterocycles. The van der Waals surface area contributed by atoms with E-state index in [1.165, 1.54) is 23.1 Å². The zero-order chi connectivity index (χ0) is 13.4. The van der Waals surface area contributed by atoms with Gasteiger partial charge in [0.15, 0.2) is 5.69 Å². The molecule has 1 aliphatic carbocycles. The minimum Gasteiger partial charge on any atom is -0.476 e. The van der Waals surface area contributed by atoms with Gasteiger partial charge < -0.3 is 15.3 Å². The number of nitrogens with zero attached hydrogens (tertiary/aromatic N) is 2. The number of urea groups is 1. The van der Waals surface area contributed by atoms with E-state index >= 15 is 0 Å². The maximum atomic E-state index is 12.0. The number of fused-ring (bicyclic) bond motifs is 2. The van der Waals surface area contributed by atoms with Crippen LogP contribution in [0.3, 0.4) is 0 Å². The smallest absolute Gasteiger partial charge is 0.355 e. The molecule has 2 heterocycles. The second-order valence-electron chi connectivity index (χ2n) is 5.08. The molecule has 1 saturated carbocycles. The van der Waals surface area contributed by atoms with Crippen LogP contribution in [-0.4, -0.2) is 39.6 Å². The third kappa shape index (κ3) is 2.42. The maximum Gasteiger partial charge on any atom is 0.355 e. The first kappa shape index (κ1) is 12.4. The number of carboxylic acid groups (broad SMARTS) is 1. The topological polar surface area (TPSA) is 82.5 Å². The van der Waals surface area contributed by atoms with Crippen molar-refractivity contribution in [2.45, 2.75) is 31.8 Å². The van der Waals surface area contributed by atoms with Gasteiger partial charge in [-0.25, -0.2) is 14.6 Å². The van der Waals surface area contributed by atoms with Crippen LogP contribution in [-0.2, 0) is 6.54 Å². The second kappa shape index (κ2) is 4.80. The van der Waals surface area contributed by atoms with Crippen LogP contribution in [0.25, 0.3) is 0 Å². The number of likely N-dealkylation sites (tertiary alicyclic amines) is 1. The number of thiazole rings is 1. The lowest BCUT2D eigenvalue weighted by molar-refractivity contribution is 0.0691. The Kier molecular flexibility index (Phi) is 3.14. The molecule has 2 fully saturated rings. The number of amides is 2. The maximum absolute atomic E-state index is 12.0. The number of rotatable bonds is 3. The highest BCUT2D eigenvalue weighted by molar-refractivity contribution is 7.09. The Bertz CT molecular complexity index is 516. The van der Waals surface area contributed by atoms with E-state index < -0.39 is 5.97 Å². The quantitative estimate of drug-likeness (QED) is 0.880. The van der Waals surface area contributed by atoms with Crippen LogP contribution in [0, 0.1) is 5.92 Å². The lowest BCUT2D eigenvalue weighted by Crippen LogP contribution is -2.44. The Labute approximate surface area is 114 Å². The number of carbonyl (C=O) groups is 2. The molecule has 19 heavy (non-hydrogen) atoms. The molecule has 0 radical (unpaired) electrons. The van der Waals surface area contributed by atoms with E-state index in [-0.39, 0.29) is 11.7 Å². The Balaban J connectivity index is 1.54. The van der Waals surface area contributed by atoms with E-state index in [4.69, 9.17) is 5.11 Å². The molecule has 2 atom stereocenters. The second-order valence-corrected chi connectivity index (χ2v) is 6.02. The number of carbonyl (C=O) groups excluding carboxylic acids is 1. The zero-order valence-corrected chi connectivity index (χ0v) is 11.2. The molecule has 2 bridgehead atoms. The molecule has 2 amide bonds. The summed E-state index contributed by atoms with van der Waals surface area (Å²) in [4.78, 5) is 28.6. The van der Waals surface area contributed by atoms with Crippen molar-refractivity contribution >= 4 is 23.3 Å². The van der Waals surface area contributed by atoms with Gasteiger partial charge in [0.2, 0.25) is 0 Å². The van der Waals surface area contributed by atoms with Crippen LogP contribution in [0.4, 0.5) is 4.79 Å². The SMILES string of the molecule is O=C(O)c1csc(CNC(=O)N2CC3CCC2C3)n1. The summed E-state index contributed by atoms with van der Waals surface area (Å²) in [5, 5.41) is 13.7. The van der Waals surface area contributed by atoms with Crippen molar-refractivity contribution in [1.82, 2.24) is 15.2 Å². The van der Waals surface area contributed by atoms with Crippen LogP contribution in [0.2, 0.25) is 0 Å². The number of hydrogen-bond acceptors (Lipinski definition) is 4. The minimum absolute atomic E-state index is 0.0366. The van der Waals surface area contributed by atoms with Crippen LogP contribution in [0.15, 0.2) is 5.38 Å². The van der Waals surface area contributed by atoms with Gasteiger partial charge in [0.05, 0.1) is 6.54 Å². The molecule has 2 N–H and O–H groups in total. The summed E-state index contributed by atoms with van der Waals surface area (Å²) in [6.45, 7) is 1.15. The zero-order valence-electron chi connectivity index (χ0n) is 10.3. The monoisotopic (exact) mass is 281 g/mol. The Morgan fingerprint density at radius 3 is 2.95 bits per heavy atom. The van der Waals surface area contributed by atoms with Gasteiger partial charge in [0.25, 0.3) is 0 Å². The molecule has 2 unspecified atom stereocenters. The number of nitrogens with one attached hydrogen (secondary N) is 1. The highest BCUT2D eigenvalue weighted by Crippen LogP contribution is 2.37. The molecule has 2 aliphatic rings. The van der Waals surface area contributed by atoms with Crippen molar-refractivity contribution in [3.05, 3.63) is 16.1 Å². The first-order valence-corrected chi connectivity index (χ1v) is 7.23. The van der Waals surface area contributed by atoms with E-state index in [0.717, 1.165) is 19.4 Å². The normalized spacial score (nSPS) is 24.7. The summed E-state index contributed by atoms with van der Waals surface area (Å²) in [5.74, 6) is -0.361. The average molecular weight is 281 g/mol. The fourth-order valence-corrected chi connectivity index (χ4v) is 3.62. The van der Waals surface area contributed by atoms with Crippen LogP contribution >= 0.6 is 11.3 Å². The predicted octanol–water partition coefficient (Wildman–Crippen LogP) is 1.54. The summed E-state index contributed by atoms with van der Waals surface area (Å²) in [6, 6.07) is 0.343. The molecule has 7 heteroatoms. The molecule has 6 nitrogen and oxygen atoms in total. The first-order chi connectivity index (χ1) is 9.13. The minimum atomic E-state index is -1.04. The molecular weight excluding hydrogens is 266 g/mol. The summed E-state index contributed by atoms with van der Waals surface area (Å²) in [6.07, 6.45) is 3.48. The summed E-state index contributed by atoms with van der Waals surface area (Å²) >= 11 is 1.25. The third-order valence-electron chi connectivity index (χ3n) is 3.83. The largest absolute Gasteiger partial charge is 0.476 e. The Hall–Kier alpha value is -1.63. The number of carboxylic acids is 1. The molecule has 1 saturated heterocycles. The molecule has 3 rings (SSSR count). The van der Waals surface area contributed by atoms with Crippen molar-refractivity contribution in [1.29, 1.82) is 0 Å². The predicted molar refractivity (Wildman–Crippen MR) is 69.1 cm³/mol. The van der Waals surface area contributed by atoms with Gasteiger partial charge in [-0.2, -0.15) is 0 Å². The van der Waals surface area contributed by atoms with E-state index in [0.29, 0.717) is 23.5 Å². The Morgan fingerprint density at radius 1 is 1.53 bits per heavy atom. The van der Waals surface area contributed by atoms with Crippen molar-refractivity contribution < 1.29 is 14.7 Å². The van der Waals surface area contributed by atoms with Gasteiger partial charge in [-0.1, -0.05) is 0 Å². The van der Waals surface area contributed by atoms with Gasteiger partial charge in [-0.15, -0.1) is 11.3 Å². The standard InChI is InChI=1S/C12H15N3O3S/c16-11(17)9-6-19-10(14-9)4-13-12(18)15-5-7-1-2-8(15)3-7/h6-8H,1-5H2,(H,13,18)(H,16,17). The number of aromatic carboxylic acids is 1. The van der Waals surface area contributed by atoms with Crippen LogP contribution in [0.5, 0.6) is 0 Å². The average Bonchev–Trinajstić information content (AvgIpc) is 3.11. The van der Waals surface area contributed by atoms with Crippen molar-refractivity contribution in [2.24, 2.45) is 5.92 Å². The van der Waals surface area contributed by atoms with E-state index in [1.54, 1.807) is 0 Å². The van der Waals surface area contributed by atoms with E-state index in [2.05, 4.69) is 10.3 Å².